The van der Waals surface area contributed by atoms with Crippen LogP contribution in [0.3, 0.4) is 0 Å². The van der Waals surface area contributed by atoms with Gasteiger partial charge in [0.25, 0.3) is 0 Å². The largest absolute Gasteiger partial charge is 0.356 e. The van der Waals surface area contributed by atoms with E-state index in [2.05, 4.69) is 36.2 Å². The SMILES string of the molecule is C=C(CCCNC(=O)CCC(=O)N(C)CCc1ccccc1)Cc1ccccc1. The molecule has 0 saturated heterocycles. The predicted octanol–water partition coefficient (Wildman–Crippen LogP) is 4.16. The Hall–Kier alpha value is -2.88. The van der Waals surface area contributed by atoms with Gasteiger partial charge in [0.1, 0.15) is 0 Å². The second-order valence-corrected chi connectivity index (χ2v) is 7.42. The van der Waals surface area contributed by atoms with Crippen LogP contribution in [-0.2, 0) is 22.4 Å². The van der Waals surface area contributed by atoms with E-state index in [4.69, 9.17) is 0 Å². The van der Waals surface area contributed by atoms with Gasteiger partial charge in [0, 0.05) is 33.0 Å². The minimum atomic E-state index is -0.0662. The van der Waals surface area contributed by atoms with Crippen molar-refractivity contribution < 1.29 is 9.59 Å². The molecule has 0 fully saturated rings. The third-order valence-electron chi connectivity index (χ3n) is 4.90. The molecule has 29 heavy (non-hydrogen) atoms. The lowest BCUT2D eigenvalue weighted by Crippen LogP contribution is -2.31. The molecular weight excluding hydrogens is 360 g/mol. The third-order valence-corrected chi connectivity index (χ3v) is 4.90. The number of carbonyl (C=O) groups excluding carboxylic acids is 2. The highest BCUT2D eigenvalue weighted by Crippen LogP contribution is 2.10. The van der Waals surface area contributed by atoms with Crippen LogP contribution in [0.4, 0.5) is 0 Å². The molecule has 2 aromatic rings. The quantitative estimate of drug-likeness (QED) is 0.435. The molecule has 0 radical (unpaired) electrons. The molecule has 0 aliphatic rings. The summed E-state index contributed by atoms with van der Waals surface area (Å²) in [7, 11) is 1.79. The Balaban J connectivity index is 1.54. The van der Waals surface area contributed by atoms with Crippen LogP contribution in [0, 0.1) is 0 Å². The molecule has 0 heterocycles. The van der Waals surface area contributed by atoms with Crippen LogP contribution >= 0.6 is 0 Å². The van der Waals surface area contributed by atoms with Gasteiger partial charge in [-0.3, -0.25) is 9.59 Å². The van der Waals surface area contributed by atoms with Crippen LogP contribution in [0.1, 0.15) is 36.8 Å². The van der Waals surface area contributed by atoms with Gasteiger partial charge in [-0.25, -0.2) is 0 Å². The maximum Gasteiger partial charge on any atom is 0.222 e. The number of rotatable bonds is 12. The maximum absolute atomic E-state index is 12.2. The lowest BCUT2D eigenvalue weighted by atomic mass is 10.0. The average molecular weight is 393 g/mol. The number of carbonyl (C=O) groups is 2. The van der Waals surface area contributed by atoms with Crippen LogP contribution in [0.5, 0.6) is 0 Å². The van der Waals surface area contributed by atoms with Crippen LogP contribution in [0.25, 0.3) is 0 Å². The number of nitrogens with zero attached hydrogens (tertiary/aromatic N) is 1. The van der Waals surface area contributed by atoms with Gasteiger partial charge in [-0.15, -0.1) is 0 Å². The molecule has 0 spiro atoms. The first-order valence-electron chi connectivity index (χ1n) is 10.3. The van der Waals surface area contributed by atoms with Crippen molar-refractivity contribution in [3.8, 4) is 0 Å². The zero-order chi connectivity index (χ0) is 20.9. The van der Waals surface area contributed by atoms with Crippen molar-refractivity contribution >= 4 is 11.8 Å². The fraction of sp³-hybridized carbons (Fsp3) is 0.360. The average Bonchev–Trinajstić information content (AvgIpc) is 2.74. The van der Waals surface area contributed by atoms with E-state index in [1.807, 2.05) is 36.4 Å². The molecule has 0 atom stereocenters. The molecule has 0 saturated carbocycles. The van der Waals surface area contributed by atoms with Crippen molar-refractivity contribution in [2.24, 2.45) is 0 Å². The van der Waals surface area contributed by atoms with Gasteiger partial charge in [0.2, 0.25) is 11.8 Å². The number of amides is 2. The van der Waals surface area contributed by atoms with Crippen molar-refractivity contribution in [2.45, 2.75) is 38.5 Å². The number of hydrogen-bond acceptors (Lipinski definition) is 2. The standard InChI is InChI=1S/C25H32N2O2/c1-21(20-23-13-7-4-8-14-23)10-9-18-26-24(28)15-16-25(29)27(2)19-17-22-11-5-3-6-12-22/h3-8,11-14H,1,9-10,15-20H2,2H3,(H,26,28). The van der Waals surface area contributed by atoms with Gasteiger partial charge < -0.3 is 10.2 Å². The first kappa shape index (κ1) is 22.4. The molecule has 0 aliphatic heterocycles. The zero-order valence-corrected chi connectivity index (χ0v) is 17.4. The highest BCUT2D eigenvalue weighted by Gasteiger charge is 2.11. The number of likely N-dealkylation sites (N-methyl/N-ethyl adjacent to an activating group) is 1. The van der Waals surface area contributed by atoms with Gasteiger partial charge >= 0.3 is 0 Å². The summed E-state index contributed by atoms with van der Waals surface area (Å²) in [5.41, 5.74) is 3.64. The molecule has 0 unspecified atom stereocenters. The predicted molar refractivity (Wildman–Crippen MR) is 119 cm³/mol. The lowest BCUT2D eigenvalue weighted by Gasteiger charge is -2.17. The molecule has 2 amide bonds. The minimum absolute atomic E-state index is 0.00678. The van der Waals surface area contributed by atoms with Crippen molar-refractivity contribution in [1.82, 2.24) is 10.2 Å². The van der Waals surface area contributed by atoms with Gasteiger partial charge in [0.05, 0.1) is 0 Å². The summed E-state index contributed by atoms with van der Waals surface area (Å²) in [6, 6.07) is 20.4. The van der Waals surface area contributed by atoms with Crippen molar-refractivity contribution in [1.29, 1.82) is 0 Å². The summed E-state index contributed by atoms with van der Waals surface area (Å²) >= 11 is 0. The van der Waals surface area contributed by atoms with E-state index < -0.39 is 0 Å². The molecule has 2 rings (SSSR count). The normalized spacial score (nSPS) is 10.4. The monoisotopic (exact) mass is 392 g/mol. The Morgan fingerprint density at radius 2 is 1.52 bits per heavy atom. The second kappa shape index (κ2) is 12.6. The summed E-state index contributed by atoms with van der Waals surface area (Å²) < 4.78 is 0. The summed E-state index contributed by atoms with van der Waals surface area (Å²) in [4.78, 5) is 25.9. The second-order valence-electron chi connectivity index (χ2n) is 7.42. The number of benzene rings is 2. The van der Waals surface area contributed by atoms with Gasteiger partial charge in [-0.1, -0.05) is 72.8 Å². The Morgan fingerprint density at radius 1 is 0.897 bits per heavy atom. The lowest BCUT2D eigenvalue weighted by molar-refractivity contribution is -0.132. The van der Waals surface area contributed by atoms with E-state index in [9.17, 15) is 9.59 Å². The van der Waals surface area contributed by atoms with Crippen LogP contribution in [0.15, 0.2) is 72.8 Å². The van der Waals surface area contributed by atoms with Crippen molar-refractivity contribution in [2.75, 3.05) is 20.1 Å². The zero-order valence-electron chi connectivity index (χ0n) is 17.4. The van der Waals surface area contributed by atoms with E-state index in [1.165, 1.54) is 16.7 Å². The van der Waals surface area contributed by atoms with Crippen LogP contribution in [0.2, 0.25) is 0 Å². The molecule has 4 nitrogen and oxygen atoms in total. The summed E-state index contributed by atoms with van der Waals surface area (Å²) in [5.74, 6) is -0.0594. The molecule has 2 aromatic carbocycles. The van der Waals surface area contributed by atoms with E-state index >= 15 is 0 Å². The van der Waals surface area contributed by atoms with Gasteiger partial charge in [0.15, 0.2) is 0 Å². The molecule has 0 aliphatic carbocycles. The maximum atomic E-state index is 12.2. The summed E-state index contributed by atoms with van der Waals surface area (Å²) in [6.45, 7) is 5.40. The Bertz CT molecular complexity index is 772. The number of nitrogens with one attached hydrogen (secondary N) is 1. The number of allylic oxidation sites excluding steroid dienone is 1. The summed E-state index contributed by atoms with van der Waals surface area (Å²) in [5, 5.41) is 2.90. The number of hydrogen-bond donors (Lipinski definition) is 1. The van der Waals surface area contributed by atoms with Crippen LogP contribution < -0.4 is 5.32 Å². The third kappa shape index (κ3) is 9.24. The summed E-state index contributed by atoms with van der Waals surface area (Å²) in [6.07, 6.45) is 3.93. The molecule has 4 heteroatoms. The first-order valence-corrected chi connectivity index (χ1v) is 10.3. The van der Waals surface area contributed by atoms with Crippen molar-refractivity contribution in [3.05, 3.63) is 83.9 Å². The van der Waals surface area contributed by atoms with Crippen LogP contribution in [-0.4, -0.2) is 36.9 Å². The Morgan fingerprint density at radius 3 is 2.17 bits per heavy atom. The van der Waals surface area contributed by atoms with Crippen molar-refractivity contribution in [3.63, 3.8) is 0 Å². The molecule has 1 N–H and O–H groups in total. The Kier molecular flexibility index (Phi) is 9.70. The van der Waals surface area contributed by atoms with E-state index in [0.717, 1.165) is 25.7 Å². The highest BCUT2D eigenvalue weighted by atomic mass is 16.2. The molecular formula is C25H32N2O2. The van der Waals surface area contributed by atoms with E-state index in [0.29, 0.717) is 13.1 Å². The van der Waals surface area contributed by atoms with E-state index in [-0.39, 0.29) is 24.7 Å². The topological polar surface area (TPSA) is 49.4 Å². The molecule has 0 aromatic heterocycles. The fourth-order valence-corrected chi connectivity index (χ4v) is 3.11. The van der Waals surface area contributed by atoms with E-state index in [1.54, 1.807) is 11.9 Å². The molecule has 0 bridgehead atoms. The highest BCUT2D eigenvalue weighted by molar-refractivity contribution is 5.83. The smallest absolute Gasteiger partial charge is 0.222 e. The fourth-order valence-electron chi connectivity index (χ4n) is 3.11. The minimum Gasteiger partial charge on any atom is -0.356 e. The van der Waals surface area contributed by atoms with Gasteiger partial charge in [-0.2, -0.15) is 0 Å². The van der Waals surface area contributed by atoms with Gasteiger partial charge in [-0.05, 0) is 36.8 Å². The first-order chi connectivity index (χ1) is 14.0. The Labute approximate surface area is 174 Å². The molecule has 154 valence electrons.